The normalized spacial score (nSPS) is 24.5. The van der Waals surface area contributed by atoms with Gasteiger partial charge in [-0.25, -0.2) is 4.98 Å². The van der Waals surface area contributed by atoms with Crippen LogP contribution in [0, 0.1) is 28.6 Å². The number of nitrogens with zero attached hydrogens (tertiary/aromatic N) is 4. The maximum atomic E-state index is 12.1. The molecule has 25 heavy (non-hydrogen) atoms. The van der Waals surface area contributed by atoms with E-state index >= 15 is 0 Å². The molecular formula is C20H16N4O. The van der Waals surface area contributed by atoms with Crippen molar-refractivity contribution in [2.24, 2.45) is 5.92 Å². The molecule has 2 aliphatic carbocycles. The van der Waals surface area contributed by atoms with E-state index in [1.54, 1.807) is 6.08 Å². The number of nitriles is 2. The van der Waals surface area contributed by atoms with Crippen LogP contribution in [-0.4, -0.2) is 15.3 Å². The molecule has 0 N–H and O–H groups in total. The maximum Gasteiger partial charge on any atom is 0.217 e. The van der Waals surface area contributed by atoms with E-state index in [2.05, 4.69) is 11.1 Å². The second kappa shape index (κ2) is 5.43. The topological polar surface area (TPSA) is 82.5 Å². The number of para-hydroxylation sites is 1. The number of benzene rings is 1. The molecule has 2 unspecified atom stereocenters. The lowest BCUT2D eigenvalue weighted by molar-refractivity contribution is -0.117. The standard InChI is InChI=1S/C20H16N4O/c1-20-10-13(11-21)17(25)9-14(20)7-8-16-19(20)23-18(12-22)24(16)15-5-3-2-4-6-15/h2-6,10,14H,7-9H2,1H3. The van der Waals surface area contributed by atoms with Gasteiger partial charge in [-0.05, 0) is 30.9 Å². The largest absolute Gasteiger partial charge is 0.293 e. The molecule has 2 aromatic rings. The van der Waals surface area contributed by atoms with Gasteiger partial charge in [0.2, 0.25) is 5.82 Å². The minimum atomic E-state index is -0.488. The summed E-state index contributed by atoms with van der Waals surface area (Å²) in [7, 11) is 0. The van der Waals surface area contributed by atoms with Gasteiger partial charge in [-0.2, -0.15) is 10.5 Å². The van der Waals surface area contributed by atoms with Gasteiger partial charge in [-0.1, -0.05) is 31.2 Å². The summed E-state index contributed by atoms with van der Waals surface area (Å²) in [6.07, 6.45) is 3.75. The van der Waals surface area contributed by atoms with Crippen molar-refractivity contribution < 1.29 is 4.79 Å². The highest BCUT2D eigenvalue weighted by molar-refractivity contribution is 6.00. The SMILES string of the molecule is CC12C=C(C#N)C(=O)CC1CCc1c2nc(C#N)n1-c1ccccc1. The fourth-order valence-electron chi connectivity index (χ4n) is 4.16. The summed E-state index contributed by atoms with van der Waals surface area (Å²) < 4.78 is 1.91. The summed E-state index contributed by atoms with van der Waals surface area (Å²) in [5, 5.41) is 18.9. The fraction of sp³-hybridized carbons (Fsp3) is 0.300. The van der Waals surface area contributed by atoms with E-state index in [0.29, 0.717) is 12.2 Å². The number of ketones is 1. The Hall–Kier alpha value is -3.18. The summed E-state index contributed by atoms with van der Waals surface area (Å²) >= 11 is 0. The minimum Gasteiger partial charge on any atom is -0.293 e. The molecular weight excluding hydrogens is 312 g/mol. The first-order valence-corrected chi connectivity index (χ1v) is 8.32. The minimum absolute atomic E-state index is 0.0866. The molecule has 5 nitrogen and oxygen atoms in total. The predicted molar refractivity (Wildman–Crippen MR) is 90.8 cm³/mol. The molecule has 1 heterocycles. The van der Waals surface area contributed by atoms with E-state index in [9.17, 15) is 15.3 Å². The molecule has 2 atom stereocenters. The lowest BCUT2D eigenvalue weighted by Gasteiger charge is -2.41. The molecule has 2 aliphatic rings. The third kappa shape index (κ3) is 2.13. The van der Waals surface area contributed by atoms with Crippen LogP contribution in [0.2, 0.25) is 0 Å². The zero-order valence-electron chi connectivity index (χ0n) is 13.9. The van der Waals surface area contributed by atoms with E-state index in [1.165, 1.54) is 0 Å². The van der Waals surface area contributed by atoms with Crippen molar-refractivity contribution in [2.45, 2.75) is 31.6 Å². The summed E-state index contributed by atoms with van der Waals surface area (Å²) in [4.78, 5) is 16.7. The zero-order chi connectivity index (χ0) is 17.6. The van der Waals surface area contributed by atoms with Crippen LogP contribution in [0.4, 0.5) is 0 Å². The predicted octanol–water partition coefficient (Wildman–Crippen LogP) is 2.99. The quantitative estimate of drug-likeness (QED) is 0.805. The highest BCUT2D eigenvalue weighted by atomic mass is 16.1. The maximum absolute atomic E-state index is 12.1. The van der Waals surface area contributed by atoms with E-state index in [-0.39, 0.29) is 17.3 Å². The van der Waals surface area contributed by atoms with Crippen LogP contribution in [-0.2, 0) is 16.6 Å². The van der Waals surface area contributed by atoms with Crippen LogP contribution >= 0.6 is 0 Å². The molecule has 0 fully saturated rings. The second-order valence-electron chi connectivity index (χ2n) is 6.83. The first-order valence-electron chi connectivity index (χ1n) is 8.32. The molecule has 0 radical (unpaired) electrons. The van der Waals surface area contributed by atoms with E-state index < -0.39 is 5.41 Å². The van der Waals surface area contributed by atoms with Crippen molar-refractivity contribution in [1.82, 2.24) is 9.55 Å². The molecule has 0 saturated heterocycles. The van der Waals surface area contributed by atoms with Gasteiger partial charge >= 0.3 is 0 Å². The second-order valence-corrected chi connectivity index (χ2v) is 6.83. The first-order chi connectivity index (χ1) is 12.1. The number of imidazole rings is 1. The Morgan fingerprint density at radius 3 is 2.68 bits per heavy atom. The van der Waals surface area contributed by atoms with E-state index in [4.69, 9.17) is 0 Å². The fourth-order valence-corrected chi connectivity index (χ4v) is 4.16. The molecule has 5 heteroatoms. The lowest BCUT2D eigenvalue weighted by Crippen LogP contribution is -2.40. The number of carbonyl (C=O) groups excluding carboxylic acids is 1. The van der Waals surface area contributed by atoms with Crippen molar-refractivity contribution >= 4 is 5.78 Å². The number of Topliss-reactive ketones (excluding diaryl/α,β-unsaturated/α-hetero) is 1. The highest BCUT2D eigenvalue weighted by Crippen LogP contribution is 2.47. The Kier molecular flexibility index (Phi) is 3.33. The third-order valence-corrected chi connectivity index (χ3v) is 5.47. The molecule has 0 bridgehead atoms. The van der Waals surface area contributed by atoms with Gasteiger partial charge < -0.3 is 0 Å². The average molecular weight is 328 g/mol. The Bertz CT molecular complexity index is 987. The average Bonchev–Trinajstić information content (AvgIpc) is 3.02. The summed E-state index contributed by atoms with van der Waals surface area (Å²) in [5.41, 5.74) is 2.46. The monoisotopic (exact) mass is 328 g/mol. The Morgan fingerprint density at radius 1 is 1.24 bits per heavy atom. The van der Waals surface area contributed by atoms with Gasteiger partial charge in [0.1, 0.15) is 12.1 Å². The summed E-state index contributed by atoms with van der Waals surface area (Å²) in [6, 6.07) is 13.9. The third-order valence-electron chi connectivity index (χ3n) is 5.47. The van der Waals surface area contributed by atoms with Crippen LogP contribution in [0.5, 0.6) is 0 Å². The molecule has 1 aromatic carbocycles. The smallest absolute Gasteiger partial charge is 0.217 e. The number of hydrogen-bond acceptors (Lipinski definition) is 4. The van der Waals surface area contributed by atoms with Crippen LogP contribution in [0.25, 0.3) is 5.69 Å². The number of aromatic nitrogens is 2. The van der Waals surface area contributed by atoms with Gasteiger partial charge in [-0.15, -0.1) is 0 Å². The van der Waals surface area contributed by atoms with Crippen LogP contribution in [0.15, 0.2) is 42.0 Å². The van der Waals surface area contributed by atoms with Gasteiger partial charge in [0.25, 0.3) is 0 Å². The molecule has 0 spiro atoms. The zero-order valence-corrected chi connectivity index (χ0v) is 13.9. The number of carbonyl (C=O) groups is 1. The molecule has 0 amide bonds. The summed E-state index contributed by atoms with van der Waals surface area (Å²) in [5.74, 6) is 0.383. The molecule has 0 aliphatic heterocycles. The number of allylic oxidation sites excluding steroid dienone is 2. The van der Waals surface area contributed by atoms with Crippen molar-refractivity contribution in [2.75, 3.05) is 0 Å². The Morgan fingerprint density at radius 2 is 2.00 bits per heavy atom. The molecule has 1 aromatic heterocycles. The Balaban J connectivity index is 1.96. The van der Waals surface area contributed by atoms with Gasteiger partial charge in [0.15, 0.2) is 5.78 Å². The van der Waals surface area contributed by atoms with Crippen LogP contribution < -0.4 is 0 Å². The van der Waals surface area contributed by atoms with Gasteiger partial charge in [0.05, 0.1) is 11.3 Å². The van der Waals surface area contributed by atoms with Crippen LogP contribution in [0.3, 0.4) is 0 Å². The van der Waals surface area contributed by atoms with Crippen molar-refractivity contribution in [1.29, 1.82) is 10.5 Å². The number of hydrogen-bond donors (Lipinski definition) is 0. The first kappa shape index (κ1) is 15.4. The van der Waals surface area contributed by atoms with E-state index in [0.717, 1.165) is 29.9 Å². The van der Waals surface area contributed by atoms with Crippen molar-refractivity contribution in [3.63, 3.8) is 0 Å². The van der Waals surface area contributed by atoms with Crippen molar-refractivity contribution in [3.8, 4) is 17.8 Å². The lowest BCUT2D eigenvalue weighted by atomic mass is 9.62. The highest BCUT2D eigenvalue weighted by Gasteiger charge is 2.46. The van der Waals surface area contributed by atoms with E-state index in [1.807, 2.05) is 47.9 Å². The number of rotatable bonds is 1. The Labute approximate surface area is 145 Å². The molecule has 122 valence electrons. The van der Waals surface area contributed by atoms with Crippen molar-refractivity contribution in [3.05, 3.63) is 59.2 Å². The van der Waals surface area contributed by atoms with Crippen LogP contribution in [0.1, 0.15) is 37.0 Å². The molecule has 4 rings (SSSR count). The summed E-state index contributed by atoms with van der Waals surface area (Å²) in [6.45, 7) is 2.03. The van der Waals surface area contributed by atoms with Gasteiger partial charge in [0, 0.05) is 23.2 Å². The van der Waals surface area contributed by atoms with Gasteiger partial charge in [-0.3, -0.25) is 9.36 Å². The molecule has 0 saturated carbocycles. The number of fused-ring (bicyclic) bond motifs is 3.